The molecule has 4 aromatic rings. The lowest BCUT2D eigenvalue weighted by molar-refractivity contribution is -0.144. The highest BCUT2D eigenvalue weighted by Gasteiger charge is 2.27. The van der Waals surface area contributed by atoms with E-state index in [1.807, 2.05) is 72.8 Å². The summed E-state index contributed by atoms with van der Waals surface area (Å²) in [4.78, 5) is 39.9. The molecule has 5 rings (SSSR count). The monoisotopic (exact) mass is 623 g/mol. The van der Waals surface area contributed by atoms with Crippen molar-refractivity contribution in [3.05, 3.63) is 114 Å². The van der Waals surface area contributed by atoms with Crippen LogP contribution in [0.15, 0.2) is 97.6 Å². The van der Waals surface area contributed by atoms with Gasteiger partial charge in [0.25, 0.3) is 5.91 Å². The Bertz CT molecular complexity index is 1690. The molecule has 1 heterocycles. The molecule has 10 nitrogen and oxygen atoms in total. The maximum Gasteiger partial charge on any atom is 0.308 e. The summed E-state index contributed by atoms with van der Waals surface area (Å²) in [6.45, 7) is 4.12. The molecule has 0 unspecified atom stereocenters. The molecule has 0 saturated heterocycles. The molecule has 2 atom stereocenters. The third-order valence-corrected chi connectivity index (χ3v) is 7.42. The Morgan fingerprint density at radius 2 is 1.72 bits per heavy atom. The molecular formula is C36H37N3O7. The van der Waals surface area contributed by atoms with Crippen LogP contribution in [0.3, 0.4) is 0 Å². The van der Waals surface area contributed by atoms with E-state index in [2.05, 4.69) is 17.2 Å². The average Bonchev–Trinajstić information content (AvgIpc) is 3.54. The fourth-order valence-electron chi connectivity index (χ4n) is 5.15. The number of benzene rings is 4. The number of nitrogens with two attached hydrogens (primary N) is 1. The number of esters is 1. The van der Waals surface area contributed by atoms with E-state index in [9.17, 15) is 14.4 Å². The Morgan fingerprint density at radius 1 is 0.935 bits per heavy atom. The van der Waals surface area contributed by atoms with Gasteiger partial charge in [0.05, 0.1) is 12.0 Å². The van der Waals surface area contributed by atoms with Gasteiger partial charge in [-0.1, -0.05) is 79.4 Å². The van der Waals surface area contributed by atoms with Crippen LogP contribution in [0.4, 0.5) is 0 Å². The number of amides is 2. The smallest absolute Gasteiger partial charge is 0.308 e. The van der Waals surface area contributed by atoms with Crippen molar-refractivity contribution in [2.45, 2.75) is 31.3 Å². The van der Waals surface area contributed by atoms with Gasteiger partial charge in [0, 0.05) is 12.6 Å². The molecule has 10 heteroatoms. The molecule has 4 aromatic carbocycles. The van der Waals surface area contributed by atoms with Crippen molar-refractivity contribution >= 4 is 28.6 Å². The second-order valence-electron chi connectivity index (χ2n) is 10.9. The predicted molar refractivity (Wildman–Crippen MR) is 174 cm³/mol. The van der Waals surface area contributed by atoms with Gasteiger partial charge in [-0.3, -0.25) is 14.4 Å². The average molecular weight is 624 g/mol. The van der Waals surface area contributed by atoms with Gasteiger partial charge in [-0.15, -0.1) is 0 Å². The van der Waals surface area contributed by atoms with E-state index in [0.29, 0.717) is 35.5 Å². The van der Waals surface area contributed by atoms with Gasteiger partial charge in [0.2, 0.25) is 12.7 Å². The molecule has 0 aromatic heterocycles. The Hall–Kier alpha value is -5.35. The van der Waals surface area contributed by atoms with E-state index in [1.165, 1.54) is 6.08 Å². The van der Waals surface area contributed by atoms with Gasteiger partial charge >= 0.3 is 5.97 Å². The molecule has 1 aliphatic rings. The number of ether oxygens (including phenoxy) is 4. The van der Waals surface area contributed by atoms with Crippen molar-refractivity contribution in [1.29, 1.82) is 0 Å². The molecule has 0 saturated carbocycles. The second-order valence-corrected chi connectivity index (χ2v) is 10.9. The van der Waals surface area contributed by atoms with Crippen LogP contribution < -0.4 is 30.6 Å². The lowest BCUT2D eigenvalue weighted by Gasteiger charge is -2.21. The van der Waals surface area contributed by atoms with E-state index >= 15 is 0 Å². The standard InChI is InChI=1S/C36H37N3O7/c1-2-18-43-33(40)21-29(35(41)38-17-16-25-12-14-30-32(20-25)46-23-45-30)39-36(42)34-28-11-7-6-10-26(28)13-15-31(34)44-22-27(37)19-24-8-4-3-5-9-24/h2-15,20,27,29H,1,16-19,21-23,37H2,(H,38,41)(H,39,42)/t27-,29+/m1/s1. The molecule has 2 amide bonds. The summed E-state index contributed by atoms with van der Waals surface area (Å²) in [6.07, 6.45) is 2.14. The topological polar surface area (TPSA) is 138 Å². The van der Waals surface area contributed by atoms with Crippen molar-refractivity contribution in [1.82, 2.24) is 10.6 Å². The first-order valence-corrected chi connectivity index (χ1v) is 15.1. The minimum atomic E-state index is -1.21. The molecule has 46 heavy (non-hydrogen) atoms. The Labute approximate surface area is 267 Å². The second kappa shape index (κ2) is 15.6. The summed E-state index contributed by atoms with van der Waals surface area (Å²) < 4.78 is 22.0. The van der Waals surface area contributed by atoms with Crippen LogP contribution in [0.5, 0.6) is 17.2 Å². The fourth-order valence-corrected chi connectivity index (χ4v) is 5.15. The third-order valence-electron chi connectivity index (χ3n) is 7.42. The highest BCUT2D eigenvalue weighted by Crippen LogP contribution is 2.32. The summed E-state index contributed by atoms with van der Waals surface area (Å²) in [5.41, 5.74) is 8.62. The van der Waals surface area contributed by atoms with E-state index in [0.717, 1.165) is 16.5 Å². The van der Waals surface area contributed by atoms with E-state index < -0.39 is 23.8 Å². The van der Waals surface area contributed by atoms with Crippen LogP contribution in [0, 0.1) is 0 Å². The minimum Gasteiger partial charge on any atom is -0.491 e. The van der Waals surface area contributed by atoms with Crippen LogP contribution >= 0.6 is 0 Å². The molecular weight excluding hydrogens is 586 g/mol. The summed E-state index contributed by atoms with van der Waals surface area (Å²) in [7, 11) is 0. The van der Waals surface area contributed by atoms with Crippen molar-refractivity contribution in [2.75, 3.05) is 26.6 Å². The van der Waals surface area contributed by atoms with Crippen LogP contribution in [0.25, 0.3) is 10.8 Å². The summed E-state index contributed by atoms with van der Waals surface area (Å²) in [5.74, 6) is -0.127. The molecule has 0 bridgehead atoms. The number of carbonyl (C=O) groups is 3. The fraction of sp³-hybridized carbons (Fsp3) is 0.250. The van der Waals surface area contributed by atoms with E-state index in [4.69, 9.17) is 24.7 Å². The predicted octanol–water partition coefficient (Wildman–Crippen LogP) is 4.09. The highest BCUT2D eigenvalue weighted by atomic mass is 16.7. The maximum atomic E-state index is 13.9. The zero-order valence-corrected chi connectivity index (χ0v) is 25.4. The van der Waals surface area contributed by atoms with Crippen LogP contribution in [0.1, 0.15) is 27.9 Å². The Kier molecular flexibility index (Phi) is 10.9. The number of nitrogens with one attached hydrogen (secondary N) is 2. The molecule has 0 aliphatic carbocycles. The van der Waals surface area contributed by atoms with Crippen LogP contribution in [-0.4, -0.2) is 56.4 Å². The lowest BCUT2D eigenvalue weighted by Crippen LogP contribution is -2.48. The quantitative estimate of drug-likeness (QED) is 0.133. The van der Waals surface area contributed by atoms with Gasteiger partial charge < -0.3 is 35.3 Å². The van der Waals surface area contributed by atoms with Gasteiger partial charge in [0.1, 0.15) is 25.0 Å². The zero-order valence-electron chi connectivity index (χ0n) is 25.4. The van der Waals surface area contributed by atoms with E-state index in [1.54, 1.807) is 12.1 Å². The largest absolute Gasteiger partial charge is 0.491 e. The summed E-state index contributed by atoms with van der Waals surface area (Å²) >= 11 is 0. The molecule has 1 aliphatic heterocycles. The Morgan fingerprint density at radius 3 is 2.54 bits per heavy atom. The van der Waals surface area contributed by atoms with E-state index in [-0.39, 0.29) is 44.6 Å². The first kappa shape index (κ1) is 32.1. The number of carbonyl (C=O) groups excluding carboxylic acids is 3. The van der Waals surface area contributed by atoms with Gasteiger partial charge in [-0.2, -0.15) is 0 Å². The number of fused-ring (bicyclic) bond motifs is 2. The highest BCUT2D eigenvalue weighted by molar-refractivity contribution is 6.10. The van der Waals surface area contributed by atoms with Gasteiger partial charge in [0.15, 0.2) is 11.5 Å². The molecule has 0 fully saturated rings. The van der Waals surface area contributed by atoms with Crippen molar-refractivity contribution in [3.63, 3.8) is 0 Å². The van der Waals surface area contributed by atoms with Crippen molar-refractivity contribution in [2.24, 2.45) is 5.73 Å². The van der Waals surface area contributed by atoms with Gasteiger partial charge in [-0.05, 0) is 52.9 Å². The van der Waals surface area contributed by atoms with Crippen molar-refractivity contribution < 1.29 is 33.3 Å². The number of hydrogen-bond acceptors (Lipinski definition) is 8. The minimum absolute atomic E-state index is 0.0181. The SMILES string of the molecule is C=CCOC(=O)C[C@H](NC(=O)c1c(OC[C@H](N)Cc2ccccc2)ccc2ccccc12)C(=O)NCCc1ccc2c(c1)OCO2. The maximum absolute atomic E-state index is 13.9. The van der Waals surface area contributed by atoms with Crippen LogP contribution in [0.2, 0.25) is 0 Å². The first-order chi connectivity index (χ1) is 22.4. The third kappa shape index (κ3) is 8.42. The number of hydrogen-bond donors (Lipinski definition) is 3. The zero-order chi connectivity index (χ0) is 32.3. The lowest BCUT2D eigenvalue weighted by atomic mass is 10.0. The summed E-state index contributed by atoms with van der Waals surface area (Å²) in [5, 5.41) is 7.03. The van der Waals surface area contributed by atoms with Crippen LogP contribution in [-0.2, 0) is 27.2 Å². The molecule has 0 spiro atoms. The van der Waals surface area contributed by atoms with Gasteiger partial charge in [-0.25, -0.2) is 0 Å². The van der Waals surface area contributed by atoms with Crippen molar-refractivity contribution in [3.8, 4) is 17.2 Å². The molecule has 0 radical (unpaired) electrons. The molecule has 238 valence electrons. The normalized spacial score (nSPS) is 13.0. The molecule has 4 N–H and O–H groups in total. The number of rotatable bonds is 15. The summed E-state index contributed by atoms with van der Waals surface area (Å²) in [6, 6.07) is 24.8. The first-order valence-electron chi connectivity index (χ1n) is 15.1. The Balaban J connectivity index is 1.31.